The molecule has 2 fully saturated rings. The first kappa shape index (κ1) is 25.4. The molecule has 4 atom stereocenters. The Kier molecular flexibility index (Phi) is 7.10. The van der Waals surface area contributed by atoms with Gasteiger partial charge in [0.1, 0.15) is 17.7 Å². The molecule has 2 aromatic heterocycles. The number of imidazole rings is 1. The van der Waals surface area contributed by atoms with E-state index in [-0.39, 0.29) is 35.4 Å². The van der Waals surface area contributed by atoms with E-state index in [1.165, 1.54) is 22.9 Å². The van der Waals surface area contributed by atoms with Crippen molar-refractivity contribution in [3.63, 3.8) is 0 Å². The van der Waals surface area contributed by atoms with Gasteiger partial charge in [-0.15, -0.1) is 0 Å². The predicted molar refractivity (Wildman–Crippen MR) is 133 cm³/mol. The second-order valence-electron chi connectivity index (χ2n) is 9.08. The van der Waals surface area contributed by atoms with Gasteiger partial charge in [0.15, 0.2) is 23.8 Å². The van der Waals surface area contributed by atoms with Crippen molar-refractivity contribution < 1.29 is 29.3 Å². The van der Waals surface area contributed by atoms with Gasteiger partial charge in [-0.25, -0.2) is 19.7 Å². The van der Waals surface area contributed by atoms with Gasteiger partial charge in [-0.05, 0) is 24.3 Å². The summed E-state index contributed by atoms with van der Waals surface area (Å²) in [6.07, 6.45) is -2.70. The number of carbonyl (C=O) groups is 2. The van der Waals surface area contributed by atoms with Crippen LogP contribution in [0.1, 0.15) is 30.5 Å². The number of nitrogens with two attached hydrogens (primary N) is 1. The van der Waals surface area contributed by atoms with Crippen LogP contribution in [0.4, 0.5) is 10.6 Å². The lowest BCUT2D eigenvalue weighted by molar-refractivity contribution is -0.137. The minimum absolute atomic E-state index is 0.0383. The number of hydrogen-bond acceptors (Lipinski definition) is 10. The molecule has 0 radical (unpaired) electrons. The summed E-state index contributed by atoms with van der Waals surface area (Å²) in [5.41, 5.74) is 7.43. The van der Waals surface area contributed by atoms with Gasteiger partial charge in [-0.2, -0.15) is 0 Å². The van der Waals surface area contributed by atoms with Gasteiger partial charge >= 0.3 is 6.09 Å². The molecule has 2 unspecified atom stereocenters. The normalized spacial score (nSPS) is 22.5. The molecular weight excluding hydrogens is 494 g/mol. The first-order chi connectivity index (χ1) is 18.4. The van der Waals surface area contributed by atoms with E-state index in [1.54, 1.807) is 0 Å². The zero-order valence-corrected chi connectivity index (χ0v) is 20.5. The zero-order valence-electron chi connectivity index (χ0n) is 20.5. The monoisotopic (exact) mass is 521 g/mol. The average molecular weight is 522 g/mol. The molecule has 198 valence electrons. The zero-order chi connectivity index (χ0) is 26.8. The van der Waals surface area contributed by atoms with E-state index in [9.17, 15) is 19.8 Å². The molecule has 13 nitrogen and oxygen atoms in total. The number of ether oxygens (including phenoxy) is 2. The van der Waals surface area contributed by atoms with Crippen LogP contribution < -0.4 is 11.1 Å². The SMILES string of the molecule is COC(=O)N(CC#Cc1nc(N)c2ncn([C@@H]3O[C@H](C(=O)NC4CC4)C(O)C3O)c2n1)Cc1ccccc1. The third-order valence-corrected chi connectivity index (χ3v) is 6.26. The minimum atomic E-state index is -1.44. The fourth-order valence-electron chi connectivity index (χ4n) is 4.13. The van der Waals surface area contributed by atoms with Crippen molar-refractivity contribution in [3.05, 3.63) is 48.0 Å². The summed E-state index contributed by atoms with van der Waals surface area (Å²) in [6, 6.07) is 9.47. The van der Waals surface area contributed by atoms with Crippen LogP contribution in [0.5, 0.6) is 0 Å². The van der Waals surface area contributed by atoms with E-state index in [2.05, 4.69) is 32.1 Å². The van der Waals surface area contributed by atoms with E-state index >= 15 is 0 Å². The highest BCUT2D eigenvalue weighted by Crippen LogP contribution is 2.33. The van der Waals surface area contributed by atoms with Crippen LogP contribution in [0.25, 0.3) is 11.2 Å². The maximum absolute atomic E-state index is 12.5. The van der Waals surface area contributed by atoms with Gasteiger partial charge in [0, 0.05) is 12.6 Å². The molecule has 5 N–H and O–H groups in total. The maximum Gasteiger partial charge on any atom is 0.410 e. The van der Waals surface area contributed by atoms with Crippen LogP contribution in [0.15, 0.2) is 36.7 Å². The number of nitrogens with zero attached hydrogens (tertiary/aromatic N) is 5. The molecule has 3 aromatic rings. The van der Waals surface area contributed by atoms with Gasteiger partial charge in [0.2, 0.25) is 5.82 Å². The van der Waals surface area contributed by atoms with Crippen molar-refractivity contribution in [2.24, 2.45) is 0 Å². The largest absolute Gasteiger partial charge is 0.453 e. The topological polar surface area (TPSA) is 178 Å². The molecule has 38 heavy (non-hydrogen) atoms. The lowest BCUT2D eigenvalue weighted by Gasteiger charge is -2.18. The molecule has 0 bridgehead atoms. The Hall–Kier alpha value is -4.25. The number of amides is 2. The number of benzene rings is 1. The molecule has 13 heteroatoms. The summed E-state index contributed by atoms with van der Waals surface area (Å²) >= 11 is 0. The number of nitrogens with one attached hydrogen (secondary N) is 1. The third-order valence-electron chi connectivity index (χ3n) is 6.26. The molecule has 3 heterocycles. The summed E-state index contributed by atoms with van der Waals surface area (Å²) in [7, 11) is 1.29. The Labute approximate surface area is 217 Å². The first-order valence-electron chi connectivity index (χ1n) is 12.0. The number of nitrogen functional groups attached to an aromatic ring is 1. The van der Waals surface area contributed by atoms with Crippen LogP contribution >= 0.6 is 0 Å². The Morgan fingerprint density at radius 1 is 1.24 bits per heavy atom. The maximum atomic E-state index is 12.5. The molecule has 5 rings (SSSR count). The molecule has 1 aliphatic heterocycles. The second-order valence-corrected chi connectivity index (χ2v) is 9.08. The number of hydrogen-bond donors (Lipinski definition) is 4. The smallest absolute Gasteiger partial charge is 0.410 e. The van der Waals surface area contributed by atoms with Crippen molar-refractivity contribution in [2.75, 3.05) is 19.4 Å². The quantitative estimate of drug-likeness (QED) is 0.321. The van der Waals surface area contributed by atoms with Crippen LogP contribution in [0, 0.1) is 11.8 Å². The molecular formula is C25H27N7O6. The van der Waals surface area contributed by atoms with E-state index in [0.29, 0.717) is 6.54 Å². The average Bonchev–Trinajstić information content (AvgIpc) is 3.55. The summed E-state index contributed by atoms with van der Waals surface area (Å²) in [5, 5.41) is 23.9. The lowest BCUT2D eigenvalue weighted by atomic mass is 10.1. The molecule has 1 aliphatic carbocycles. The molecule has 1 saturated carbocycles. The Morgan fingerprint density at radius 3 is 2.71 bits per heavy atom. The fraction of sp³-hybridized carbons (Fsp3) is 0.400. The second kappa shape index (κ2) is 10.6. The number of aliphatic hydroxyl groups is 2. The summed E-state index contributed by atoms with van der Waals surface area (Å²) < 4.78 is 12.0. The molecule has 1 saturated heterocycles. The van der Waals surface area contributed by atoms with Crippen molar-refractivity contribution in [2.45, 2.75) is 50.0 Å². The standard InChI is InChI=1S/C25H27N7O6/c1-37-25(36)31(12-14-6-3-2-4-7-14)11-5-8-16-29-21(26)17-22(30-16)32(13-27-17)24-19(34)18(33)20(38-24)23(35)28-15-9-10-15/h2-4,6-7,13,15,18-20,24,33-34H,9-12H2,1H3,(H,28,35)(H2,26,29,30)/t18?,19?,20-,24+/m0/s1. The predicted octanol–water partition coefficient (Wildman–Crippen LogP) is -0.0736. The summed E-state index contributed by atoms with van der Waals surface area (Å²) in [4.78, 5) is 38.9. The Balaban J connectivity index is 1.36. The Morgan fingerprint density at radius 2 is 2.00 bits per heavy atom. The van der Waals surface area contributed by atoms with Gasteiger partial charge in [-0.3, -0.25) is 14.3 Å². The molecule has 1 aromatic carbocycles. The molecule has 2 amide bonds. The highest BCUT2D eigenvalue weighted by atomic mass is 16.6. The van der Waals surface area contributed by atoms with Crippen molar-refractivity contribution in [1.82, 2.24) is 29.7 Å². The number of methoxy groups -OCH3 is 1. The van der Waals surface area contributed by atoms with Crippen molar-refractivity contribution in [3.8, 4) is 11.8 Å². The Bertz CT molecular complexity index is 1400. The van der Waals surface area contributed by atoms with Gasteiger partial charge < -0.3 is 30.7 Å². The summed E-state index contributed by atoms with van der Waals surface area (Å²) in [6.45, 7) is 0.336. The van der Waals surface area contributed by atoms with Crippen LogP contribution in [0.3, 0.4) is 0 Å². The number of fused-ring (bicyclic) bond motifs is 1. The minimum Gasteiger partial charge on any atom is -0.453 e. The highest BCUT2D eigenvalue weighted by Gasteiger charge is 2.48. The first-order valence-corrected chi connectivity index (χ1v) is 12.0. The number of aromatic nitrogens is 4. The van der Waals surface area contributed by atoms with Gasteiger partial charge in [0.05, 0.1) is 20.0 Å². The molecule has 0 spiro atoms. The van der Waals surface area contributed by atoms with Crippen LogP contribution in [0.2, 0.25) is 0 Å². The van der Waals surface area contributed by atoms with E-state index in [1.807, 2.05) is 30.3 Å². The van der Waals surface area contributed by atoms with Crippen molar-refractivity contribution in [1.29, 1.82) is 0 Å². The molecule has 2 aliphatic rings. The fourth-order valence-corrected chi connectivity index (χ4v) is 4.13. The highest BCUT2D eigenvalue weighted by molar-refractivity contribution is 5.83. The van der Waals surface area contributed by atoms with Crippen LogP contribution in [-0.2, 0) is 20.8 Å². The van der Waals surface area contributed by atoms with Crippen molar-refractivity contribution >= 4 is 29.0 Å². The number of carbonyl (C=O) groups excluding carboxylic acids is 2. The van der Waals surface area contributed by atoms with E-state index in [0.717, 1.165) is 18.4 Å². The van der Waals surface area contributed by atoms with E-state index < -0.39 is 36.5 Å². The third kappa shape index (κ3) is 5.23. The number of aliphatic hydroxyl groups excluding tert-OH is 2. The number of anilines is 1. The van der Waals surface area contributed by atoms with E-state index in [4.69, 9.17) is 15.2 Å². The number of rotatable bonds is 6. The summed E-state index contributed by atoms with van der Waals surface area (Å²) in [5.74, 6) is 5.27. The van der Waals surface area contributed by atoms with Crippen LogP contribution in [-0.4, -0.2) is 84.6 Å². The van der Waals surface area contributed by atoms with Gasteiger partial charge in [0.25, 0.3) is 5.91 Å². The van der Waals surface area contributed by atoms with Gasteiger partial charge in [-0.1, -0.05) is 36.3 Å². The lowest BCUT2D eigenvalue weighted by Crippen LogP contribution is -2.43.